The van der Waals surface area contributed by atoms with Crippen molar-refractivity contribution in [1.29, 1.82) is 0 Å². The van der Waals surface area contributed by atoms with Gasteiger partial charge in [-0.1, -0.05) is 0 Å². The maximum absolute atomic E-state index is 9.89. The van der Waals surface area contributed by atoms with Crippen molar-refractivity contribution in [2.24, 2.45) is 0 Å². The Kier molecular flexibility index (Phi) is 11.2. The number of carbonyl (C=O) groups is 2. The molecule has 0 N–H and O–H groups in total. The molecule has 0 rings (SSSR count). The molecule has 0 aliphatic heterocycles. The monoisotopic (exact) mass is 174 g/mol. The first kappa shape index (κ1) is 13.5. The predicted molar refractivity (Wildman–Crippen MR) is 48.7 cm³/mol. The van der Waals surface area contributed by atoms with Crippen molar-refractivity contribution < 1.29 is 9.59 Å². The first-order chi connectivity index (χ1) is 5.62. The molecule has 0 unspecified atom stereocenters. The van der Waals surface area contributed by atoms with E-state index in [1.807, 2.05) is 13.8 Å². The molecule has 0 saturated carbocycles. The second kappa shape index (κ2) is 9.94. The molecule has 0 radical (unpaired) electrons. The van der Waals surface area contributed by atoms with Crippen LogP contribution in [-0.2, 0) is 9.59 Å². The van der Waals surface area contributed by atoms with E-state index in [1.54, 1.807) is 19.0 Å². The molecular formula is C8H18N2O2. The highest BCUT2D eigenvalue weighted by Gasteiger charge is 1.87. The van der Waals surface area contributed by atoms with Gasteiger partial charge in [0, 0.05) is 27.2 Å². The fraction of sp³-hybridized carbons (Fsp3) is 0.750. The van der Waals surface area contributed by atoms with E-state index in [0.29, 0.717) is 0 Å². The van der Waals surface area contributed by atoms with Crippen LogP contribution in [0.1, 0.15) is 13.8 Å². The standard InChI is InChI=1S/C5H11NO.C3H7NO/c1-3-6(4-2)5-7;1-4(2)3-5/h5H,3-4H2,1-2H3;3H,1-2H3. The molecular weight excluding hydrogens is 156 g/mol. The van der Waals surface area contributed by atoms with Gasteiger partial charge in [-0.2, -0.15) is 0 Å². The quantitative estimate of drug-likeness (QED) is 0.571. The van der Waals surface area contributed by atoms with E-state index in [1.165, 1.54) is 4.90 Å². The summed E-state index contributed by atoms with van der Waals surface area (Å²) < 4.78 is 0. The lowest BCUT2D eigenvalue weighted by molar-refractivity contribution is -0.118. The Hall–Kier alpha value is -1.06. The van der Waals surface area contributed by atoms with Crippen LogP contribution in [0.25, 0.3) is 0 Å². The Balaban J connectivity index is 0. The third kappa shape index (κ3) is 11.7. The summed E-state index contributed by atoms with van der Waals surface area (Å²) in [6.07, 6.45) is 1.61. The van der Waals surface area contributed by atoms with Crippen LogP contribution in [0.4, 0.5) is 0 Å². The highest BCUT2D eigenvalue weighted by Crippen LogP contribution is 1.75. The van der Waals surface area contributed by atoms with Gasteiger partial charge >= 0.3 is 0 Å². The highest BCUT2D eigenvalue weighted by atomic mass is 16.1. The van der Waals surface area contributed by atoms with E-state index in [4.69, 9.17) is 0 Å². The Morgan fingerprint density at radius 2 is 1.33 bits per heavy atom. The molecule has 0 saturated heterocycles. The minimum Gasteiger partial charge on any atom is -0.351 e. The van der Waals surface area contributed by atoms with Crippen LogP contribution in [0.5, 0.6) is 0 Å². The van der Waals surface area contributed by atoms with Gasteiger partial charge in [-0.25, -0.2) is 0 Å². The number of rotatable bonds is 4. The van der Waals surface area contributed by atoms with Gasteiger partial charge < -0.3 is 9.80 Å². The van der Waals surface area contributed by atoms with Crippen LogP contribution in [-0.4, -0.2) is 49.8 Å². The molecule has 0 fully saturated rings. The molecule has 0 bridgehead atoms. The van der Waals surface area contributed by atoms with Gasteiger partial charge in [-0.15, -0.1) is 0 Å². The maximum atomic E-state index is 9.89. The smallest absolute Gasteiger partial charge is 0.209 e. The zero-order valence-electron chi connectivity index (χ0n) is 8.28. The second-order valence-electron chi connectivity index (χ2n) is 2.40. The summed E-state index contributed by atoms with van der Waals surface area (Å²) in [6, 6.07) is 0. The fourth-order valence-corrected chi connectivity index (χ4v) is 0.373. The van der Waals surface area contributed by atoms with Crippen LogP contribution in [0, 0.1) is 0 Å². The van der Waals surface area contributed by atoms with E-state index >= 15 is 0 Å². The van der Waals surface area contributed by atoms with Gasteiger partial charge in [-0.3, -0.25) is 9.59 Å². The molecule has 0 aliphatic rings. The zero-order chi connectivity index (χ0) is 9.98. The molecule has 2 amide bonds. The maximum Gasteiger partial charge on any atom is 0.209 e. The van der Waals surface area contributed by atoms with Crippen molar-refractivity contribution in [1.82, 2.24) is 9.80 Å². The lowest BCUT2D eigenvalue weighted by Gasteiger charge is -2.08. The van der Waals surface area contributed by atoms with E-state index in [-0.39, 0.29) is 0 Å². The van der Waals surface area contributed by atoms with Crippen LogP contribution < -0.4 is 0 Å². The molecule has 0 aliphatic carbocycles. The van der Waals surface area contributed by atoms with Crippen molar-refractivity contribution in [3.05, 3.63) is 0 Å². The summed E-state index contributed by atoms with van der Waals surface area (Å²) in [5, 5.41) is 0. The third-order valence-corrected chi connectivity index (χ3v) is 1.17. The van der Waals surface area contributed by atoms with Crippen molar-refractivity contribution >= 4 is 12.8 Å². The molecule has 0 aromatic carbocycles. The normalized spacial score (nSPS) is 7.67. The van der Waals surface area contributed by atoms with Gasteiger partial charge in [-0.05, 0) is 13.8 Å². The van der Waals surface area contributed by atoms with E-state index in [0.717, 1.165) is 25.9 Å². The Morgan fingerprint density at radius 3 is 1.33 bits per heavy atom. The fourth-order valence-electron chi connectivity index (χ4n) is 0.373. The van der Waals surface area contributed by atoms with Crippen molar-refractivity contribution in [3.8, 4) is 0 Å². The summed E-state index contributed by atoms with van der Waals surface area (Å²) in [5.74, 6) is 0. The van der Waals surface area contributed by atoms with E-state index < -0.39 is 0 Å². The largest absolute Gasteiger partial charge is 0.351 e. The second-order valence-corrected chi connectivity index (χ2v) is 2.40. The summed E-state index contributed by atoms with van der Waals surface area (Å²) in [5.41, 5.74) is 0. The Bertz CT molecular complexity index is 112. The molecule has 4 nitrogen and oxygen atoms in total. The summed E-state index contributed by atoms with van der Waals surface area (Å²) in [6.45, 7) is 5.55. The zero-order valence-corrected chi connectivity index (χ0v) is 8.28. The number of carbonyl (C=O) groups excluding carboxylic acids is 2. The van der Waals surface area contributed by atoms with Crippen LogP contribution in [0.15, 0.2) is 0 Å². The van der Waals surface area contributed by atoms with Gasteiger partial charge in [0.15, 0.2) is 0 Å². The van der Waals surface area contributed by atoms with Crippen molar-refractivity contribution in [2.75, 3.05) is 27.2 Å². The number of amides is 2. The van der Waals surface area contributed by atoms with Gasteiger partial charge in [0.25, 0.3) is 0 Å². The van der Waals surface area contributed by atoms with E-state index in [9.17, 15) is 9.59 Å². The summed E-state index contributed by atoms with van der Waals surface area (Å²) >= 11 is 0. The molecule has 0 spiro atoms. The Labute approximate surface area is 74.1 Å². The number of nitrogens with zero attached hydrogens (tertiary/aromatic N) is 2. The molecule has 4 heteroatoms. The van der Waals surface area contributed by atoms with E-state index in [2.05, 4.69) is 0 Å². The van der Waals surface area contributed by atoms with Crippen LogP contribution in [0.3, 0.4) is 0 Å². The molecule has 0 atom stereocenters. The lowest BCUT2D eigenvalue weighted by atomic mass is 10.6. The van der Waals surface area contributed by atoms with Crippen LogP contribution >= 0.6 is 0 Å². The topological polar surface area (TPSA) is 40.6 Å². The number of hydrogen-bond donors (Lipinski definition) is 0. The molecule has 12 heavy (non-hydrogen) atoms. The third-order valence-electron chi connectivity index (χ3n) is 1.17. The van der Waals surface area contributed by atoms with Crippen molar-refractivity contribution in [3.63, 3.8) is 0 Å². The molecule has 72 valence electrons. The molecule has 0 heterocycles. The summed E-state index contributed by atoms with van der Waals surface area (Å²) in [4.78, 5) is 22.5. The highest BCUT2D eigenvalue weighted by molar-refractivity contribution is 5.46. The van der Waals surface area contributed by atoms with Gasteiger partial charge in [0.1, 0.15) is 0 Å². The lowest BCUT2D eigenvalue weighted by Crippen LogP contribution is -2.19. The van der Waals surface area contributed by atoms with Gasteiger partial charge in [0.05, 0.1) is 0 Å². The minimum atomic E-state index is 0.750. The Morgan fingerprint density at radius 1 is 1.00 bits per heavy atom. The molecule has 0 aromatic rings. The SMILES string of the molecule is CCN(C=O)CC.CN(C)C=O. The minimum absolute atomic E-state index is 0.750. The first-order valence-corrected chi connectivity index (χ1v) is 3.93. The predicted octanol–water partition coefficient (Wildman–Crippen LogP) is 0.189. The first-order valence-electron chi connectivity index (χ1n) is 3.93. The van der Waals surface area contributed by atoms with Crippen LogP contribution in [0.2, 0.25) is 0 Å². The molecule has 0 aromatic heterocycles. The van der Waals surface area contributed by atoms with Crippen molar-refractivity contribution in [2.45, 2.75) is 13.8 Å². The average molecular weight is 174 g/mol. The summed E-state index contributed by atoms with van der Waals surface area (Å²) in [7, 11) is 3.38. The number of hydrogen-bond acceptors (Lipinski definition) is 2. The van der Waals surface area contributed by atoms with Gasteiger partial charge in [0.2, 0.25) is 12.8 Å². The average Bonchev–Trinajstić information content (AvgIpc) is 2.09.